The second-order valence-corrected chi connectivity index (χ2v) is 6.12. The topological polar surface area (TPSA) is 33.1 Å². The van der Waals surface area contributed by atoms with E-state index in [4.69, 9.17) is 0 Å². The van der Waals surface area contributed by atoms with Gasteiger partial charge in [-0.1, -0.05) is 20.8 Å². The van der Waals surface area contributed by atoms with Gasteiger partial charge < -0.3 is 5.11 Å². The monoisotopic (exact) mass is 213 g/mol. The molecule has 0 saturated carbocycles. The second kappa shape index (κ2) is 3.63. The molecule has 3 heteroatoms. The molecule has 0 bridgehead atoms. The molecular weight excluding hydrogens is 194 g/mol. The molecule has 1 rings (SSSR count). The van der Waals surface area contributed by atoms with Crippen molar-refractivity contribution in [3.63, 3.8) is 0 Å². The molecule has 1 heterocycles. The van der Waals surface area contributed by atoms with E-state index in [1.54, 1.807) is 11.3 Å². The number of hydrogen-bond donors (Lipinski definition) is 1. The Hall–Kier alpha value is -0.410. The number of thiazole rings is 1. The Labute approximate surface area is 90.0 Å². The van der Waals surface area contributed by atoms with Crippen LogP contribution in [0.5, 0.6) is 0 Å². The quantitative estimate of drug-likeness (QED) is 0.819. The molecule has 80 valence electrons. The Morgan fingerprint density at radius 1 is 1.36 bits per heavy atom. The molecule has 0 aliphatic heterocycles. The smallest absolute Gasteiger partial charge is 0.0897 e. The van der Waals surface area contributed by atoms with Gasteiger partial charge in [-0.2, -0.15) is 0 Å². The molecule has 1 unspecified atom stereocenters. The van der Waals surface area contributed by atoms with Crippen LogP contribution < -0.4 is 0 Å². The summed E-state index contributed by atoms with van der Waals surface area (Å²) < 4.78 is 0. The van der Waals surface area contributed by atoms with E-state index in [0.717, 1.165) is 10.7 Å². The van der Waals surface area contributed by atoms with Crippen LogP contribution in [0.4, 0.5) is 0 Å². The molecule has 2 nitrogen and oxygen atoms in total. The summed E-state index contributed by atoms with van der Waals surface area (Å²) in [5.74, 6) is 0. The second-order valence-electron chi connectivity index (χ2n) is 5.06. The molecule has 1 atom stereocenters. The van der Waals surface area contributed by atoms with E-state index in [1.165, 1.54) is 0 Å². The number of aliphatic hydroxyl groups is 1. The minimum Gasteiger partial charge on any atom is -0.389 e. The molecule has 0 amide bonds. The molecule has 0 saturated heterocycles. The molecular formula is C11H19NOS. The summed E-state index contributed by atoms with van der Waals surface area (Å²) in [6.07, 6.45) is 0.626. The lowest BCUT2D eigenvalue weighted by Gasteiger charge is -2.36. The highest BCUT2D eigenvalue weighted by atomic mass is 32.1. The Morgan fingerprint density at radius 2 is 1.93 bits per heavy atom. The van der Waals surface area contributed by atoms with Crippen LogP contribution in [0.1, 0.15) is 38.4 Å². The maximum Gasteiger partial charge on any atom is 0.0897 e. The summed E-state index contributed by atoms with van der Waals surface area (Å²) in [7, 11) is 0. The predicted molar refractivity (Wildman–Crippen MR) is 60.6 cm³/mol. The average molecular weight is 213 g/mol. The van der Waals surface area contributed by atoms with Crippen molar-refractivity contribution < 1.29 is 5.11 Å². The summed E-state index contributed by atoms with van der Waals surface area (Å²) in [6.45, 7) is 10.0. The first-order valence-electron chi connectivity index (χ1n) is 4.86. The third-order valence-electron chi connectivity index (χ3n) is 2.81. The van der Waals surface area contributed by atoms with Gasteiger partial charge in [-0.3, -0.25) is 0 Å². The van der Waals surface area contributed by atoms with Gasteiger partial charge in [0, 0.05) is 11.8 Å². The van der Waals surface area contributed by atoms with Crippen molar-refractivity contribution in [2.45, 2.75) is 46.6 Å². The van der Waals surface area contributed by atoms with Gasteiger partial charge in [0.2, 0.25) is 0 Å². The fraction of sp³-hybridized carbons (Fsp3) is 0.727. The molecule has 0 aliphatic rings. The zero-order chi connectivity index (χ0) is 11.0. The Bertz CT molecular complexity index is 309. The molecule has 1 aromatic rings. The zero-order valence-electron chi connectivity index (χ0n) is 9.59. The largest absolute Gasteiger partial charge is 0.389 e. The van der Waals surface area contributed by atoms with E-state index >= 15 is 0 Å². The van der Waals surface area contributed by atoms with Gasteiger partial charge in [0.25, 0.3) is 0 Å². The number of hydrogen-bond acceptors (Lipinski definition) is 3. The van der Waals surface area contributed by atoms with Gasteiger partial charge >= 0.3 is 0 Å². The normalized spacial score (nSPS) is 16.7. The maximum absolute atomic E-state index is 10.3. The summed E-state index contributed by atoms with van der Waals surface area (Å²) in [5.41, 5.74) is 0.172. The van der Waals surface area contributed by atoms with Crippen LogP contribution >= 0.6 is 11.3 Å². The van der Waals surface area contributed by atoms with E-state index < -0.39 is 5.60 Å². The first kappa shape index (κ1) is 11.7. The maximum atomic E-state index is 10.3. The minimum absolute atomic E-state index is 0.121. The van der Waals surface area contributed by atoms with Gasteiger partial charge in [0.1, 0.15) is 0 Å². The van der Waals surface area contributed by atoms with Crippen LogP contribution in [0, 0.1) is 12.3 Å². The standard InChI is InChI=1S/C11H19NOS/c1-8-12-9(7-14-8)6-11(5,13)10(2,3)4/h7,13H,6H2,1-5H3. The molecule has 1 N–H and O–H groups in total. The van der Waals surface area contributed by atoms with Crippen molar-refractivity contribution in [3.8, 4) is 0 Å². The first-order chi connectivity index (χ1) is 6.22. The third-order valence-corrected chi connectivity index (χ3v) is 3.63. The highest BCUT2D eigenvalue weighted by molar-refractivity contribution is 7.09. The van der Waals surface area contributed by atoms with Crippen LogP contribution in [0.2, 0.25) is 0 Å². The van der Waals surface area contributed by atoms with Gasteiger partial charge in [-0.05, 0) is 19.3 Å². The van der Waals surface area contributed by atoms with Crippen molar-refractivity contribution in [3.05, 3.63) is 16.1 Å². The van der Waals surface area contributed by atoms with Crippen LogP contribution in [0.3, 0.4) is 0 Å². The molecule has 14 heavy (non-hydrogen) atoms. The van der Waals surface area contributed by atoms with E-state index in [1.807, 2.05) is 40.0 Å². The molecule has 0 fully saturated rings. The van der Waals surface area contributed by atoms with Crippen molar-refractivity contribution in [2.24, 2.45) is 5.41 Å². The predicted octanol–water partition coefficient (Wildman–Crippen LogP) is 2.79. The van der Waals surface area contributed by atoms with Gasteiger partial charge in [0.05, 0.1) is 16.3 Å². The summed E-state index contributed by atoms with van der Waals surface area (Å²) in [4.78, 5) is 4.37. The van der Waals surface area contributed by atoms with E-state index in [9.17, 15) is 5.11 Å². The van der Waals surface area contributed by atoms with Crippen molar-refractivity contribution in [1.29, 1.82) is 0 Å². The Kier molecular flexibility index (Phi) is 3.02. The molecule has 0 aromatic carbocycles. The van der Waals surface area contributed by atoms with E-state index in [-0.39, 0.29) is 5.41 Å². The number of aromatic nitrogens is 1. The fourth-order valence-corrected chi connectivity index (χ4v) is 1.72. The molecule has 0 spiro atoms. The van der Waals surface area contributed by atoms with E-state index in [0.29, 0.717) is 6.42 Å². The van der Waals surface area contributed by atoms with Gasteiger partial charge in [-0.15, -0.1) is 11.3 Å². The van der Waals surface area contributed by atoms with Crippen LogP contribution in [-0.2, 0) is 6.42 Å². The third kappa shape index (κ3) is 2.55. The highest BCUT2D eigenvalue weighted by Gasteiger charge is 2.35. The van der Waals surface area contributed by atoms with Crippen molar-refractivity contribution in [2.75, 3.05) is 0 Å². The molecule has 1 aromatic heterocycles. The van der Waals surface area contributed by atoms with Crippen LogP contribution in [-0.4, -0.2) is 15.7 Å². The zero-order valence-corrected chi connectivity index (χ0v) is 10.4. The number of aryl methyl sites for hydroxylation is 1. The van der Waals surface area contributed by atoms with Crippen LogP contribution in [0.25, 0.3) is 0 Å². The van der Waals surface area contributed by atoms with E-state index in [2.05, 4.69) is 4.98 Å². The summed E-state index contributed by atoms with van der Waals surface area (Å²) in [6, 6.07) is 0. The lowest BCUT2D eigenvalue weighted by molar-refractivity contribution is -0.0411. The van der Waals surface area contributed by atoms with Crippen molar-refractivity contribution in [1.82, 2.24) is 4.98 Å². The summed E-state index contributed by atoms with van der Waals surface area (Å²) >= 11 is 1.63. The number of nitrogens with zero attached hydrogens (tertiary/aromatic N) is 1. The minimum atomic E-state index is -0.701. The lowest BCUT2D eigenvalue weighted by atomic mass is 9.75. The Balaban J connectivity index is 2.78. The average Bonchev–Trinajstić information content (AvgIpc) is 2.31. The van der Waals surface area contributed by atoms with Crippen LogP contribution in [0.15, 0.2) is 5.38 Å². The lowest BCUT2D eigenvalue weighted by Crippen LogP contribution is -2.41. The molecule has 0 radical (unpaired) electrons. The van der Waals surface area contributed by atoms with Crippen molar-refractivity contribution >= 4 is 11.3 Å². The SMILES string of the molecule is Cc1nc(CC(C)(O)C(C)(C)C)cs1. The number of rotatable bonds is 2. The highest BCUT2D eigenvalue weighted by Crippen LogP contribution is 2.32. The fourth-order valence-electron chi connectivity index (χ4n) is 1.11. The summed E-state index contributed by atoms with van der Waals surface area (Å²) in [5, 5.41) is 13.4. The van der Waals surface area contributed by atoms with Gasteiger partial charge in [-0.25, -0.2) is 4.98 Å². The van der Waals surface area contributed by atoms with Gasteiger partial charge in [0.15, 0.2) is 0 Å². The molecule has 0 aliphatic carbocycles. The first-order valence-corrected chi connectivity index (χ1v) is 5.74. The Morgan fingerprint density at radius 3 is 2.29 bits per heavy atom.